The minimum atomic E-state index is -2.50. The molecule has 0 atom stereocenters. The van der Waals surface area contributed by atoms with Crippen LogP contribution >= 0.6 is 18.7 Å². The third kappa shape index (κ3) is 6.37. The molecule has 1 aliphatic heterocycles. The minimum Gasteiger partial charge on any atom is -0.494 e. The number of nitrogens with one attached hydrogen (secondary N) is 2. The third-order valence-electron chi connectivity index (χ3n) is 6.29. The van der Waals surface area contributed by atoms with E-state index in [9.17, 15) is 4.57 Å². The number of piperidine rings is 1. The zero-order valence-electron chi connectivity index (χ0n) is 21.1. The number of methoxy groups -OCH3 is 2. The van der Waals surface area contributed by atoms with Gasteiger partial charge in [-0.3, -0.25) is 4.90 Å². The topological polar surface area (TPSA) is 88.6 Å². The molecule has 2 aromatic carbocycles. The predicted octanol–water partition coefficient (Wildman–Crippen LogP) is 5.48. The van der Waals surface area contributed by atoms with E-state index < -0.39 is 7.14 Å². The van der Waals surface area contributed by atoms with Crippen LogP contribution in [0.15, 0.2) is 48.7 Å². The molecule has 0 saturated carbocycles. The summed E-state index contributed by atoms with van der Waals surface area (Å²) in [6, 6.07) is 13.5. The number of hydrogen-bond acceptors (Lipinski definition) is 8. The molecule has 8 nitrogen and oxygen atoms in total. The monoisotopic (exact) mass is 529 g/mol. The van der Waals surface area contributed by atoms with E-state index >= 15 is 0 Å². The van der Waals surface area contributed by atoms with Gasteiger partial charge in [0, 0.05) is 37.6 Å². The van der Waals surface area contributed by atoms with Gasteiger partial charge in [-0.15, -0.1) is 0 Å². The molecule has 10 heteroatoms. The van der Waals surface area contributed by atoms with Crippen LogP contribution in [0, 0.1) is 0 Å². The highest BCUT2D eigenvalue weighted by Gasteiger charge is 2.21. The van der Waals surface area contributed by atoms with E-state index in [2.05, 4.69) is 31.6 Å². The number of rotatable bonds is 9. The van der Waals surface area contributed by atoms with Gasteiger partial charge in [0.25, 0.3) is 0 Å². The number of halogens is 1. The molecule has 1 aliphatic rings. The lowest BCUT2D eigenvalue weighted by Crippen LogP contribution is -2.36. The summed E-state index contributed by atoms with van der Waals surface area (Å²) in [4.78, 5) is 11.4. The fourth-order valence-electron chi connectivity index (χ4n) is 4.40. The zero-order chi connectivity index (χ0) is 25.7. The number of anilines is 4. The molecule has 0 bridgehead atoms. The second-order valence-corrected chi connectivity index (χ2v) is 12.8. The number of likely N-dealkylation sites (tertiary alicyclic amines) is 1. The molecule has 4 rings (SSSR count). The average Bonchev–Trinajstić information content (AvgIpc) is 2.86. The quantitative estimate of drug-likeness (QED) is 0.352. The summed E-state index contributed by atoms with van der Waals surface area (Å²) < 4.78 is 24.0. The van der Waals surface area contributed by atoms with Gasteiger partial charge >= 0.3 is 0 Å². The van der Waals surface area contributed by atoms with Crippen molar-refractivity contribution in [1.29, 1.82) is 0 Å². The Balaban J connectivity index is 1.55. The Labute approximate surface area is 217 Å². The number of aromatic nitrogens is 2. The maximum absolute atomic E-state index is 12.8. The van der Waals surface area contributed by atoms with E-state index in [1.54, 1.807) is 27.5 Å². The van der Waals surface area contributed by atoms with Gasteiger partial charge in [-0.05, 0) is 44.4 Å². The van der Waals surface area contributed by atoms with Gasteiger partial charge in [0.2, 0.25) is 5.95 Å². The van der Waals surface area contributed by atoms with Crippen LogP contribution in [0.3, 0.4) is 0 Å². The lowest BCUT2D eigenvalue weighted by atomic mass is 10.1. The van der Waals surface area contributed by atoms with Crippen LogP contribution in [0.5, 0.6) is 5.75 Å². The molecule has 0 spiro atoms. The Morgan fingerprint density at radius 2 is 1.78 bits per heavy atom. The van der Waals surface area contributed by atoms with Gasteiger partial charge in [-0.1, -0.05) is 35.9 Å². The van der Waals surface area contributed by atoms with Gasteiger partial charge in [-0.25, -0.2) is 4.98 Å². The standard InChI is InChI=1S/C26H33ClN5O3P/c1-34-19-12-14-32(15-13-19)17-18-8-7-10-22(24(18)35-2)30-26-28-16-20(27)25(31-26)29-21-9-5-6-11-23(21)36(3,4)33/h5-11,16,19H,12-15,17H2,1-4H3,(H2,28,29,30,31). The van der Waals surface area contributed by atoms with Crippen molar-refractivity contribution >= 4 is 47.2 Å². The van der Waals surface area contributed by atoms with E-state index in [0.717, 1.165) is 54.8 Å². The summed E-state index contributed by atoms with van der Waals surface area (Å²) in [6.45, 7) is 6.23. The molecule has 0 radical (unpaired) electrons. The first-order valence-electron chi connectivity index (χ1n) is 11.9. The van der Waals surface area contributed by atoms with Gasteiger partial charge in [0.15, 0.2) is 5.82 Å². The zero-order valence-corrected chi connectivity index (χ0v) is 22.8. The molecule has 0 aliphatic carbocycles. The second-order valence-electron chi connectivity index (χ2n) is 9.22. The fraction of sp³-hybridized carbons (Fsp3) is 0.385. The molecule has 36 heavy (non-hydrogen) atoms. The van der Waals surface area contributed by atoms with Crippen LogP contribution in [-0.4, -0.2) is 61.6 Å². The lowest BCUT2D eigenvalue weighted by molar-refractivity contribution is 0.0387. The van der Waals surface area contributed by atoms with Crippen molar-refractivity contribution in [3.05, 3.63) is 59.2 Å². The van der Waals surface area contributed by atoms with Crippen molar-refractivity contribution in [2.75, 3.05) is 51.3 Å². The Morgan fingerprint density at radius 1 is 1.06 bits per heavy atom. The SMILES string of the molecule is COc1c(CN2CCC(OC)CC2)cccc1Nc1ncc(Cl)c(Nc2ccccc2P(C)(C)=O)n1. The summed E-state index contributed by atoms with van der Waals surface area (Å²) in [5, 5.41) is 7.60. The highest BCUT2D eigenvalue weighted by molar-refractivity contribution is 7.70. The van der Waals surface area contributed by atoms with E-state index in [-0.39, 0.29) is 0 Å². The summed E-state index contributed by atoms with van der Waals surface area (Å²) in [6.07, 6.45) is 3.93. The van der Waals surface area contributed by atoms with Gasteiger partial charge < -0.3 is 24.7 Å². The van der Waals surface area contributed by atoms with Crippen molar-refractivity contribution in [3.8, 4) is 5.75 Å². The van der Waals surface area contributed by atoms with Crippen LogP contribution in [0.2, 0.25) is 5.02 Å². The summed E-state index contributed by atoms with van der Waals surface area (Å²) in [5.74, 6) is 1.54. The average molecular weight is 530 g/mol. The van der Waals surface area contributed by atoms with E-state index in [4.69, 9.17) is 21.1 Å². The molecular formula is C26H33ClN5O3P. The van der Waals surface area contributed by atoms with Crippen LogP contribution in [0.4, 0.5) is 23.1 Å². The number of hydrogen-bond donors (Lipinski definition) is 2. The van der Waals surface area contributed by atoms with E-state index in [1.165, 1.54) is 6.20 Å². The first-order valence-corrected chi connectivity index (χ1v) is 14.9. The Bertz CT molecular complexity index is 1240. The lowest BCUT2D eigenvalue weighted by Gasteiger charge is -2.31. The van der Waals surface area contributed by atoms with Crippen molar-refractivity contribution < 1.29 is 14.0 Å². The van der Waals surface area contributed by atoms with Crippen LogP contribution in [0.25, 0.3) is 0 Å². The maximum atomic E-state index is 12.8. The van der Waals surface area contributed by atoms with E-state index in [1.807, 2.05) is 36.4 Å². The van der Waals surface area contributed by atoms with Crippen LogP contribution in [0.1, 0.15) is 18.4 Å². The number of nitrogens with zero attached hydrogens (tertiary/aromatic N) is 3. The molecular weight excluding hydrogens is 497 g/mol. The third-order valence-corrected chi connectivity index (χ3v) is 8.12. The number of benzene rings is 2. The largest absolute Gasteiger partial charge is 0.494 e. The van der Waals surface area contributed by atoms with E-state index in [0.29, 0.717) is 28.6 Å². The molecule has 0 unspecified atom stereocenters. The highest BCUT2D eigenvalue weighted by Crippen LogP contribution is 2.39. The van der Waals surface area contributed by atoms with Crippen LogP contribution < -0.4 is 20.7 Å². The molecule has 2 heterocycles. The van der Waals surface area contributed by atoms with Crippen molar-refractivity contribution in [2.24, 2.45) is 0 Å². The van der Waals surface area contributed by atoms with Crippen LogP contribution in [-0.2, 0) is 15.8 Å². The number of ether oxygens (including phenoxy) is 2. The maximum Gasteiger partial charge on any atom is 0.229 e. The molecule has 1 fully saturated rings. The molecule has 1 saturated heterocycles. The molecule has 2 N–H and O–H groups in total. The van der Waals surface area contributed by atoms with Gasteiger partial charge in [0.05, 0.1) is 30.8 Å². The summed E-state index contributed by atoms with van der Waals surface area (Å²) >= 11 is 6.41. The first kappa shape index (κ1) is 26.4. The van der Waals surface area contributed by atoms with Crippen molar-refractivity contribution in [2.45, 2.75) is 25.5 Å². The summed E-state index contributed by atoms with van der Waals surface area (Å²) in [5.41, 5.74) is 2.55. The van der Waals surface area contributed by atoms with Crippen molar-refractivity contribution in [3.63, 3.8) is 0 Å². The molecule has 0 amide bonds. The smallest absolute Gasteiger partial charge is 0.229 e. The van der Waals surface area contributed by atoms with Crippen molar-refractivity contribution in [1.82, 2.24) is 14.9 Å². The minimum absolute atomic E-state index is 0.342. The molecule has 1 aromatic heterocycles. The first-order chi connectivity index (χ1) is 17.3. The fourth-order valence-corrected chi connectivity index (χ4v) is 5.70. The Morgan fingerprint density at radius 3 is 2.47 bits per heavy atom. The van der Waals surface area contributed by atoms with Gasteiger partial charge in [0.1, 0.15) is 17.9 Å². The highest BCUT2D eigenvalue weighted by atomic mass is 35.5. The Kier molecular flexibility index (Phi) is 8.52. The predicted molar refractivity (Wildman–Crippen MR) is 147 cm³/mol. The van der Waals surface area contributed by atoms with Gasteiger partial charge in [-0.2, -0.15) is 4.98 Å². The molecule has 3 aromatic rings. The summed E-state index contributed by atoms with van der Waals surface area (Å²) in [7, 11) is 0.945. The number of para-hydroxylation sites is 2. The molecule has 192 valence electrons. The Hall–Kier alpha value is -2.64. The normalized spacial score (nSPS) is 15.0. The second kappa shape index (κ2) is 11.6.